The molecule has 2 unspecified atom stereocenters. The van der Waals surface area contributed by atoms with Crippen LogP contribution in [-0.2, 0) is 16.1 Å². The van der Waals surface area contributed by atoms with Gasteiger partial charge in [-0.2, -0.15) is 0 Å². The van der Waals surface area contributed by atoms with E-state index in [9.17, 15) is 5.11 Å². The molecular weight excluding hydrogens is 320 g/mol. The fourth-order valence-electron chi connectivity index (χ4n) is 2.98. The zero-order chi connectivity index (χ0) is 17.5. The second kappa shape index (κ2) is 8.85. The summed E-state index contributed by atoms with van der Waals surface area (Å²) >= 11 is 0. The smallest absolute Gasteiger partial charge is 0.161 e. The summed E-state index contributed by atoms with van der Waals surface area (Å²) in [6, 6.07) is 17.5. The van der Waals surface area contributed by atoms with Crippen molar-refractivity contribution in [2.75, 3.05) is 20.3 Å². The van der Waals surface area contributed by atoms with E-state index in [-0.39, 0.29) is 18.8 Å². The van der Waals surface area contributed by atoms with Crippen molar-refractivity contribution in [3.05, 3.63) is 60.2 Å². The maximum Gasteiger partial charge on any atom is 0.161 e. The molecule has 1 fully saturated rings. The highest BCUT2D eigenvalue weighted by atomic mass is 16.6. The van der Waals surface area contributed by atoms with E-state index in [0.29, 0.717) is 31.1 Å². The van der Waals surface area contributed by atoms with E-state index in [2.05, 4.69) is 0 Å². The fourth-order valence-corrected chi connectivity index (χ4v) is 2.98. The Bertz CT molecular complexity index is 646. The van der Waals surface area contributed by atoms with Gasteiger partial charge in [-0.1, -0.05) is 42.5 Å². The summed E-state index contributed by atoms with van der Waals surface area (Å²) in [7, 11) is 1.62. The molecule has 5 nitrogen and oxygen atoms in total. The van der Waals surface area contributed by atoms with Crippen LogP contribution in [0.5, 0.6) is 11.5 Å². The highest BCUT2D eigenvalue weighted by molar-refractivity contribution is 5.39. The molecule has 0 spiro atoms. The Labute approximate surface area is 148 Å². The van der Waals surface area contributed by atoms with Crippen LogP contribution in [0.15, 0.2) is 54.6 Å². The van der Waals surface area contributed by atoms with Crippen LogP contribution in [0.2, 0.25) is 0 Å². The maximum atomic E-state index is 9.66. The maximum absolute atomic E-state index is 9.66. The highest BCUT2D eigenvalue weighted by Crippen LogP contribution is 2.30. The van der Waals surface area contributed by atoms with E-state index in [1.807, 2.05) is 54.6 Å². The minimum atomic E-state index is -0.405. The van der Waals surface area contributed by atoms with Gasteiger partial charge in [0.2, 0.25) is 0 Å². The zero-order valence-corrected chi connectivity index (χ0v) is 14.3. The lowest BCUT2D eigenvalue weighted by Crippen LogP contribution is -2.50. The lowest BCUT2D eigenvalue weighted by molar-refractivity contribution is -0.168. The molecule has 3 rings (SSSR count). The first-order chi connectivity index (χ1) is 12.3. The van der Waals surface area contributed by atoms with Gasteiger partial charge in [-0.05, 0) is 17.7 Å². The summed E-state index contributed by atoms with van der Waals surface area (Å²) in [5.41, 5.74) is 1.07. The lowest BCUT2D eigenvalue weighted by Gasteiger charge is -2.37. The Hall–Kier alpha value is -2.08. The molecule has 134 valence electrons. The number of hydrogen-bond donors (Lipinski definition) is 1. The Kier molecular flexibility index (Phi) is 6.28. The fraction of sp³-hybridized carbons (Fsp3) is 0.400. The summed E-state index contributed by atoms with van der Waals surface area (Å²) in [6.45, 7) is 0.860. The van der Waals surface area contributed by atoms with Crippen molar-refractivity contribution < 1.29 is 24.1 Å². The molecule has 0 aliphatic carbocycles. The van der Waals surface area contributed by atoms with E-state index < -0.39 is 6.10 Å². The number of hydrogen-bond acceptors (Lipinski definition) is 5. The first kappa shape index (κ1) is 17.7. The number of methoxy groups -OCH3 is 1. The van der Waals surface area contributed by atoms with Crippen LogP contribution < -0.4 is 9.47 Å². The zero-order valence-electron chi connectivity index (χ0n) is 14.3. The third-order valence-corrected chi connectivity index (χ3v) is 4.28. The average Bonchev–Trinajstić information content (AvgIpc) is 2.68. The summed E-state index contributed by atoms with van der Waals surface area (Å²) in [4.78, 5) is 0. The molecule has 3 atom stereocenters. The number of aliphatic hydroxyl groups excluding tert-OH is 1. The van der Waals surface area contributed by atoms with Gasteiger partial charge in [0.25, 0.3) is 0 Å². The molecule has 1 N–H and O–H groups in total. The standard InChI is InChI=1S/C20H24O5/c1-22-16-9-5-6-10-17(16)25-18-11-12-23-19(13-21)20(18)24-14-15-7-3-2-4-8-15/h2-10,18-21H,11-14H2,1H3/t18?,19?,20-/m0/s1. The Morgan fingerprint density at radius 2 is 1.76 bits per heavy atom. The van der Waals surface area contributed by atoms with Gasteiger partial charge in [-0.25, -0.2) is 0 Å². The van der Waals surface area contributed by atoms with Crippen molar-refractivity contribution in [1.29, 1.82) is 0 Å². The molecule has 0 bridgehead atoms. The lowest BCUT2D eigenvalue weighted by atomic mass is 10.0. The van der Waals surface area contributed by atoms with Crippen LogP contribution in [0.25, 0.3) is 0 Å². The Morgan fingerprint density at radius 3 is 2.48 bits per heavy atom. The molecule has 0 radical (unpaired) electrons. The van der Waals surface area contributed by atoms with Crippen molar-refractivity contribution in [1.82, 2.24) is 0 Å². The van der Waals surface area contributed by atoms with E-state index in [1.165, 1.54) is 0 Å². The summed E-state index contributed by atoms with van der Waals surface area (Å²) in [5.74, 6) is 1.35. The SMILES string of the molecule is COc1ccccc1OC1CCOC(CO)[C@H]1OCc1ccccc1. The van der Waals surface area contributed by atoms with Crippen LogP contribution in [0.3, 0.4) is 0 Å². The minimum Gasteiger partial charge on any atom is -0.493 e. The second-order valence-electron chi connectivity index (χ2n) is 5.95. The number of rotatable bonds is 7. The Balaban J connectivity index is 1.72. The number of benzene rings is 2. The van der Waals surface area contributed by atoms with Crippen molar-refractivity contribution in [3.63, 3.8) is 0 Å². The number of ether oxygens (including phenoxy) is 4. The molecule has 0 saturated carbocycles. The van der Waals surface area contributed by atoms with Crippen LogP contribution in [-0.4, -0.2) is 43.7 Å². The second-order valence-corrected chi connectivity index (χ2v) is 5.95. The van der Waals surface area contributed by atoms with Crippen LogP contribution in [0.1, 0.15) is 12.0 Å². The predicted octanol–water partition coefficient (Wildman–Crippen LogP) is 2.81. The monoisotopic (exact) mass is 344 g/mol. The van der Waals surface area contributed by atoms with Gasteiger partial charge < -0.3 is 24.1 Å². The molecule has 1 aliphatic heterocycles. The highest BCUT2D eigenvalue weighted by Gasteiger charge is 2.36. The van der Waals surface area contributed by atoms with Gasteiger partial charge in [0.05, 0.1) is 26.9 Å². The minimum absolute atomic E-state index is 0.106. The average molecular weight is 344 g/mol. The molecule has 1 saturated heterocycles. The topological polar surface area (TPSA) is 57.2 Å². The first-order valence-corrected chi connectivity index (χ1v) is 8.49. The predicted molar refractivity (Wildman–Crippen MR) is 93.9 cm³/mol. The van der Waals surface area contributed by atoms with Crippen LogP contribution in [0.4, 0.5) is 0 Å². The van der Waals surface area contributed by atoms with Crippen molar-refractivity contribution in [2.24, 2.45) is 0 Å². The number of aliphatic hydroxyl groups is 1. The van der Waals surface area contributed by atoms with Crippen LogP contribution in [0, 0.1) is 0 Å². The van der Waals surface area contributed by atoms with Gasteiger partial charge in [-0.15, -0.1) is 0 Å². The molecule has 1 aliphatic rings. The van der Waals surface area contributed by atoms with Crippen molar-refractivity contribution in [2.45, 2.75) is 31.3 Å². The molecular formula is C20H24O5. The van der Waals surface area contributed by atoms with E-state index in [4.69, 9.17) is 18.9 Å². The summed E-state index contributed by atoms with van der Waals surface area (Å²) in [5, 5.41) is 9.66. The largest absolute Gasteiger partial charge is 0.493 e. The van der Waals surface area contributed by atoms with Crippen molar-refractivity contribution in [3.8, 4) is 11.5 Å². The van der Waals surface area contributed by atoms with Gasteiger partial charge in [0.1, 0.15) is 18.3 Å². The van der Waals surface area contributed by atoms with Gasteiger partial charge in [-0.3, -0.25) is 0 Å². The summed E-state index contributed by atoms with van der Waals surface area (Å²) in [6.07, 6.45) is -0.291. The molecule has 0 amide bonds. The van der Waals surface area contributed by atoms with Gasteiger partial charge in [0.15, 0.2) is 11.5 Å². The normalized spacial score (nSPS) is 23.2. The molecule has 1 heterocycles. The first-order valence-electron chi connectivity index (χ1n) is 8.49. The third kappa shape index (κ3) is 4.51. The van der Waals surface area contributed by atoms with E-state index in [0.717, 1.165) is 5.56 Å². The van der Waals surface area contributed by atoms with Gasteiger partial charge in [0, 0.05) is 6.42 Å². The molecule has 0 aromatic heterocycles. The quantitative estimate of drug-likeness (QED) is 0.837. The molecule has 2 aromatic rings. The molecule has 25 heavy (non-hydrogen) atoms. The van der Waals surface area contributed by atoms with Crippen LogP contribution >= 0.6 is 0 Å². The molecule has 2 aromatic carbocycles. The molecule has 5 heteroatoms. The van der Waals surface area contributed by atoms with E-state index >= 15 is 0 Å². The third-order valence-electron chi connectivity index (χ3n) is 4.28. The van der Waals surface area contributed by atoms with Crippen molar-refractivity contribution >= 4 is 0 Å². The number of para-hydroxylation sites is 2. The Morgan fingerprint density at radius 1 is 1.04 bits per heavy atom. The van der Waals surface area contributed by atoms with E-state index in [1.54, 1.807) is 7.11 Å². The van der Waals surface area contributed by atoms with Gasteiger partial charge >= 0.3 is 0 Å². The summed E-state index contributed by atoms with van der Waals surface area (Å²) < 4.78 is 23.3.